The van der Waals surface area contributed by atoms with Gasteiger partial charge in [-0.1, -0.05) is 23.1 Å². The number of thiazole rings is 1. The maximum Gasteiger partial charge on any atom is 0.271 e. The largest absolute Gasteiger partial charge is 0.494 e. The first kappa shape index (κ1) is 22.0. The number of carbonyl (C=O) groups excluding carboxylic acids is 1. The highest BCUT2D eigenvalue weighted by molar-refractivity contribution is 7.99. The Bertz CT molecular complexity index is 1180. The van der Waals surface area contributed by atoms with Crippen LogP contribution in [0.5, 0.6) is 5.75 Å². The zero-order valence-electron chi connectivity index (χ0n) is 16.9. The minimum Gasteiger partial charge on any atom is -0.494 e. The molecule has 1 aliphatic heterocycles. The van der Waals surface area contributed by atoms with E-state index in [2.05, 4.69) is 15.3 Å². The van der Waals surface area contributed by atoms with E-state index in [0.717, 1.165) is 30.9 Å². The van der Waals surface area contributed by atoms with Crippen molar-refractivity contribution in [2.75, 3.05) is 25.5 Å². The van der Waals surface area contributed by atoms with Gasteiger partial charge >= 0.3 is 0 Å². The molecule has 1 amide bonds. The molecule has 1 aromatic carbocycles. The van der Waals surface area contributed by atoms with E-state index >= 15 is 0 Å². The summed E-state index contributed by atoms with van der Waals surface area (Å²) in [5, 5.41) is 3.24. The molecule has 3 aromatic rings. The molecule has 0 bridgehead atoms. The van der Waals surface area contributed by atoms with E-state index in [1.807, 2.05) is 31.2 Å². The van der Waals surface area contributed by atoms with Crippen LogP contribution in [0, 0.1) is 3.95 Å². The van der Waals surface area contributed by atoms with Crippen molar-refractivity contribution in [3.63, 3.8) is 0 Å². The number of aromatic amines is 1. The lowest BCUT2D eigenvalue weighted by Crippen LogP contribution is -2.33. The molecular formula is C20H22N4O4S3. The highest BCUT2D eigenvalue weighted by Crippen LogP contribution is 2.25. The molecule has 2 N–H and O–H groups in total. The summed E-state index contributed by atoms with van der Waals surface area (Å²) in [7, 11) is 0. The Balaban J connectivity index is 1.53. The standard InChI is InChI=1S/C20H22N4O4S3/c1-2-27-13-7-5-12(6-8-13)24-17-16(31-20(24)29)18(26)23-19(22-17)30-11-15(25)21-10-14-4-3-9-28-14/h5-8,14H,2-4,9-11H2,1H3,(H,21,25)(H,22,23,26)/t14-/m0/s1. The van der Waals surface area contributed by atoms with Crippen molar-refractivity contribution in [3.8, 4) is 11.4 Å². The molecule has 1 aliphatic rings. The fraction of sp³-hybridized carbons (Fsp3) is 0.400. The fourth-order valence-electron chi connectivity index (χ4n) is 3.27. The smallest absolute Gasteiger partial charge is 0.271 e. The third-order valence-corrected chi connectivity index (χ3v) is 6.95. The van der Waals surface area contributed by atoms with Crippen molar-refractivity contribution in [2.24, 2.45) is 0 Å². The molecule has 2 aromatic heterocycles. The number of carbonyl (C=O) groups is 1. The molecule has 11 heteroatoms. The number of nitrogens with one attached hydrogen (secondary N) is 2. The molecule has 4 rings (SSSR count). The second-order valence-corrected chi connectivity index (χ2v) is 9.49. The maximum absolute atomic E-state index is 12.6. The predicted octanol–water partition coefficient (Wildman–Crippen LogP) is 3.29. The van der Waals surface area contributed by atoms with E-state index < -0.39 is 0 Å². The number of benzene rings is 1. The van der Waals surface area contributed by atoms with E-state index in [-0.39, 0.29) is 23.3 Å². The first-order chi connectivity index (χ1) is 15.0. The lowest BCUT2D eigenvalue weighted by Gasteiger charge is -2.10. The molecule has 1 atom stereocenters. The van der Waals surface area contributed by atoms with Crippen LogP contribution in [0.1, 0.15) is 19.8 Å². The zero-order chi connectivity index (χ0) is 21.8. The number of H-pyrrole nitrogens is 1. The summed E-state index contributed by atoms with van der Waals surface area (Å²) in [5.74, 6) is 0.778. The highest BCUT2D eigenvalue weighted by Gasteiger charge is 2.17. The molecular weight excluding hydrogens is 456 g/mol. The minimum atomic E-state index is -0.270. The summed E-state index contributed by atoms with van der Waals surface area (Å²) >= 11 is 7.88. The Hall–Kier alpha value is -2.21. The van der Waals surface area contributed by atoms with Gasteiger partial charge in [0.1, 0.15) is 10.4 Å². The normalized spacial score (nSPS) is 16.0. The average Bonchev–Trinajstić information content (AvgIpc) is 3.39. The van der Waals surface area contributed by atoms with Crippen molar-refractivity contribution < 1.29 is 14.3 Å². The molecule has 1 saturated heterocycles. The summed E-state index contributed by atoms with van der Waals surface area (Å²) in [6.45, 7) is 3.76. The van der Waals surface area contributed by atoms with E-state index in [1.165, 1.54) is 23.1 Å². The van der Waals surface area contributed by atoms with Gasteiger partial charge in [0.15, 0.2) is 14.8 Å². The first-order valence-electron chi connectivity index (χ1n) is 9.95. The van der Waals surface area contributed by atoms with Gasteiger partial charge in [-0.05, 0) is 56.2 Å². The molecule has 164 valence electrons. The zero-order valence-corrected chi connectivity index (χ0v) is 19.3. The van der Waals surface area contributed by atoms with Gasteiger partial charge in [-0.15, -0.1) is 0 Å². The first-order valence-corrected chi connectivity index (χ1v) is 12.2. The molecule has 0 saturated carbocycles. The van der Waals surface area contributed by atoms with Crippen LogP contribution in [0.25, 0.3) is 16.0 Å². The molecule has 0 aliphatic carbocycles. The molecule has 0 radical (unpaired) electrons. The maximum atomic E-state index is 12.6. The Morgan fingerprint density at radius 3 is 2.97 bits per heavy atom. The van der Waals surface area contributed by atoms with Crippen LogP contribution >= 0.6 is 35.3 Å². The van der Waals surface area contributed by atoms with Gasteiger partial charge in [0.2, 0.25) is 5.91 Å². The number of hydrogen-bond acceptors (Lipinski definition) is 8. The number of thioether (sulfide) groups is 1. The molecule has 0 unspecified atom stereocenters. The number of amides is 1. The van der Waals surface area contributed by atoms with Crippen molar-refractivity contribution in [1.29, 1.82) is 0 Å². The average molecular weight is 479 g/mol. The van der Waals surface area contributed by atoms with Crippen molar-refractivity contribution in [3.05, 3.63) is 38.6 Å². The number of aromatic nitrogens is 3. The lowest BCUT2D eigenvalue weighted by atomic mass is 10.2. The van der Waals surface area contributed by atoms with Crippen LogP contribution in [0.3, 0.4) is 0 Å². The second-order valence-electron chi connectivity index (χ2n) is 6.88. The molecule has 8 nitrogen and oxygen atoms in total. The number of hydrogen-bond donors (Lipinski definition) is 2. The topological polar surface area (TPSA) is 98.2 Å². The Morgan fingerprint density at radius 2 is 2.26 bits per heavy atom. The summed E-state index contributed by atoms with van der Waals surface area (Å²) in [6, 6.07) is 7.46. The Kier molecular flexibility index (Phi) is 7.06. The van der Waals surface area contributed by atoms with Gasteiger partial charge in [0.25, 0.3) is 5.56 Å². The SMILES string of the molecule is CCOc1ccc(-n2c(=S)sc3c(=O)[nH]c(SCC(=O)NC[C@@H]4CCCO4)nc32)cc1. The summed E-state index contributed by atoms with van der Waals surface area (Å²) in [5.41, 5.74) is 1.00. The van der Waals surface area contributed by atoms with Crippen molar-refractivity contribution >= 4 is 51.6 Å². The second kappa shape index (κ2) is 9.94. The van der Waals surface area contributed by atoms with Crippen LogP contribution < -0.4 is 15.6 Å². The van der Waals surface area contributed by atoms with E-state index in [1.54, 1.807) is 4.57 Å². The van der Waals surface area contributed by atoms with Gasteiger partial charge in [0, 0.05) is 18.8 Å². The minimum absolute atomic E-state index is 0.0904. The van der Waals surface area contributed by atoms with Crippen LogP contribution in [0.2, 0.25) is 0 Å². The number of nitrogens with zero attached hydrogens (tertiary/aromatic N) is 2. The summed E-state index contributed by atoms with van der Waals surface area (Å²) < 4.78 is 13.7. The third-order valence-electron chi connectivity index (χ3n) is 4.72. The molecule has 0 spiro atoms. The van der Waals surface area contributed by atoms with Crippen molar-refractivity contribution in [2.45, 2.75) is 31.0 Å². The predicted molar refractivity (Wildman–Crippen MR) is 124 cm³/mol. The third kappa shape index (κ3) is 5.17. The van der Waals surface area contributed by atoms with Crippen LogP contribution in [-0.4, -0.2) is 52.1 Å². The lowest BCUT2D eigenvalue weighted by molar-refractivity contribution is -0.119. The van der Waals surface area contributed by atoms with Crippen LogP contribution in [0.4, 0.5) is 0 Å². The Labute approximate surface area is 192 Å². The number of rotatable bonds is 8. The van der Waals surface area contributed by atoms with Gasteiger partial charge in [-0.3, -0.25) is 14.2 Å². The van der Waals surface area contributed by atoms with E-state index in [4.69, 9.17) is 21.7 Å². The fourth-order valence-corrected chi connectivity index (χ4v) is 5.22. The van der Waals surface area contributed by atoms with Crippen LogP contribution in [0.15, 0.2) is 34.2 Å². The van der Waals surface area contributed by atoms with Crippen molar-refractivity contribution in [1.82, 2.24) is 19.9 Å². The number of fused-ring (bicyclic) bond motifs is 1. The summed E-state index contributed by atoms with van der Waals surface area (Å²) in [4.78, 5) is 32.1. The molecule has 1 fully saturated rings. The van der Waals surface area contributed by atoms with Crippen LogP contribution in [-0.2, 0) is 9.53 Å². The van der Waals surface area contributed by atoms with Gasteiger partial charge < -0.3 is 19.8 Å². The summed E-state index contributed by atoms with van der Waals surface area (Å²) in [6.07, 6.45) is 2.08. The quantitative estimate of drug-likeness (QED) is 0.291. The van der Waals surface area contributed by atoms with Gasteiger partial charge in [0.05, 0.1) is 18.5 Å². The van der Waals surface area contributed by atoms with E-state index in [9.17, 15) is 9.59 Å². The monoisotopic (exact) mass is 478 g/mol. The molecule has 3 heterocycles. The highest BCUT2D eigenvalue weighted by atomic mass is 32.2. The van der Waals surface area contributed by atoms with E-state index in [0.29, 0.717) is 32.6 Å². The molecule has 31 heavy (non-hydrogen) atoms. The Morgan fingerprint density at radius 1 is 1.45 bits per heavy atom. The number of ether oxygens (including phenoxy) is 2. The van der Waals surface area contributed by atoms with Gasteiger partial charge in [-0.2, -0.15) is 0 Å². The van der Waals surface area contributed by atoms with Gasteiger partial charge in [-0.25, -0.2) is 4.98 Å².